The predicted octanol–water partition coefficient (Wildman–Crippen LogP) is 5.24. The first-order chi connectivity index (χ1) is 11.7. The van der Waals surface area contributed by atoms with Gasteiger partial charge in [-0.15, -0.1) is 0 Å². The molecule has 4 heteroatoms. The zero-order valence-corrected chi connectivity index (χ0v) is 14.5. The average Bonchev–Trinajstić information content (AvgIpc) is 2.63. The van der Waals surface area contributed by atoms with E-state index in [4.69, 9.17) is 16.3 Å². The van der Waals surface area contributed by atoms with Crippen molar-refractivity contribution in [3.8, 4) is 5.75 Å². The Bertz CT molecular complexity index is 761. The lowest BCUT2D eigenvalue weighted by Crippen LogP contribution is -2.36. The summed E-state index contributed by atoms with van der Waals surface area (Å²) in [5.41, 5.74) is 4.86. The van der Waals surface area contributed by atoms with Gasteiger partial charge in [-0.3, -0.25) is 0 Å². The maximum absolute atomic E-state index is 9.71. The minimum atomic E-state index is 0.124. The van der Waals surface area contributed by atoms with Crippen molar-refractivity contribution in [1.29, 1.82) is 0 Å². The molecule has 2 aromatic rings. The maximum Gasteiger partial charge on any atom is 0.134 e. The minimum absolute atomic E-state index is 0.124. The van der Waals surface area contributed by atoms with Crippen LogP contribution in [-0.4, -0.2) is 11.7 Å². The van der Waals surface area contributed by atoms with Gasteiger partial charge >= 0.3 is 0 Å². The van der Waals surface area contributed by atoms with Gasteiger partial charge in [-0.2, -0.15) is 0 Å². The molecule has 3 atom stereocenters. The first-order valence-corrected chi connectivity index (χ1v) is 9.04. The highest BCUT2D eigenvalue weighted by Crippen LogP contribution is 2.49. The highest BCUT2D eigenvalue weighted by molar-refractivity contribution is 6.32. The van der Waals surface area contributed by atoms with Crippen molar-refractivity contribution in [2.75, 3.05) is 11.9 Å². The van der Waals surface area contributed by atoms with Crippen LogP contribution in [0.15, 0.2) is 36.4 Å². The summed E-state index contributed by atoms with van der Waals surface area (Å²) in [6.07, 6.45) is 3.35. The SMILES string of the molecule is CCc1ccc2c(c1)[C@H]1OCCC[C@H]1[C@H](c1ccc(O)c(Cl)c1)N2. The zero-order chi connectivity index (χ0) is 16.7. The van der Waals surface area contributed by atoms with Gasteiger partial charge in [0, 0.05) is 23.8 Å². The molecule has 2 aromatic carbocycles. The molecule has 0 aromatic heterocycles. The Morgan fingerprint density at radius 3 is 2.92 bits per heavy atom. The fourth-order valence-electron chi connectivity index (χ4n) is 3.99. The van der Waals surface area contributed by atoms with E-state index in [0.29, 0.717) is 10.9 Å². The van der Waals surface area contributed by atoms with Gasteiger partial charge in [-0.1, -0.05) is 36.7 Å². The molecule has 0 amide bonds. The normalized spacial score (nSPS) is 25.5. The standard InChI is InChI=1S/C20H22ClNO2/c1-2-12-5-7-17-15(10-12)20-14(4-3-9-24-20)19(22-17)13-6-8-18(23)16(21)11-13/h5-8,10-11,14,19-20,22-23H,2-4,9H2,1H3/t14-,19-,20-/m0/s1. The largest absolute Gasteiger partial charge is 0.506 e. The summed E-state index contributed by atoms with van der Waals surface area (Å²) in [4.78, 5) is 0. The van der Waals surface area contributed by atoms with Gasteiger partial charge in [0.2, 0.25) is 0 Å². The molecule has 0 bridgehead atoms. The molecule has 2 heterocycles. The summed E-state index contributed by atoms with van der Waals surface area (Å²) in [7, 11) is 0. The van der Waals surface area contributed by atoms with Gasteiger partial charge < -0.3 is 15.2 Å². The third-order valence-electron chi connectivity index (χ3n) is 5.27. The molecule has 1 saturated heterocycles. The summed E-state index contributed by atoms with van der Waals surface area (Å²) >= 11 is 6.14. The van der Waals surface area contributed by atoms with Crippen LogP contribution in [0.3, 0.4) is 0 Å². The molecule has 1 fully saturated rings. The molecule has 2 aliphatic rings. The summed E-state index contributed by atoms with van der Waals surface area (Å²) in [6, 6.07) is 12.3. The van der Waals surface area contributed by atoms with Crippen molar-refractivity contribution in [1.82, 2.24) is 0 Å². The lowest BCUT2D eigenvalue weighted by Gasteiger charge is -2.43. The Labute approximate surface area is 147 Å². The van der Waals surface area contributed by atoms with E-state index in [0.717, 1.165) is 37.1 Å². The number of halogens is 1. The molecule has 0 aliphatic carbocycles. The molecule has 3 nitrogen and oxygen atoms in total. The lowest BCUT2D eigenvalue weighted by molar-refractivity contribution is -0.0381. The number of aryl methyl sites for hydroxylation is 1. The van der Waals surface area contributed by atoms with E-state index >= 15 is 0 Å². The first kappa shape index (κ1) is 15.8. The van der Waals surface area contributed by atoms with Crippen LogP contribution in [0.1, 0.15) is 48.6 Å². The number of nitrogens with one attached hydrogen (secondary N) is 1. The molecule has 2 aliphatic heterocycles. The van der Waals surface area contributed by atoms with Crippen LogP contribution in [0.25, 0.3) is 0 Å². The third kappa shape index (κ3) is 2.66. The number of anilines is 1. The summed E-state index contributed by atoms with van der Waals surface area (Å²) in [6.45, 7) is 3.00. The zero-order valence-electron chi connectivity index (χ0n) is 13.8. The number of phenols is 1. The highest BCUT2D eigenvalue weighted by atomic mass is 35.5. The van der Waals surface area contributed by atoms with Crippen LogP contribution in [-0.2, 0) is 11.2 Å². The van der Waals surface area contributed by atoms with Crippen molar-refractivity contribution < 1.29 is 9.84 Å². The summed E-state index contributed by atoms with van der Waals surface area (Å²) < 4.78 is 6.19. The van der Waals surface area contributed by atoms with E-state index in [1.54, 1.807) is 6.07 Å². The van der Waals surface area contributed by atoms with Crippen LogP contribution < -0.4 is 5.32 Å². The molecule has 0 radical (unpaired) electrons. The summed E-state index contributed by atoms with van der Waals surface area (Å²) in [5, 5.41) is 13.8. The fourth-order valence-corrected chi connectivity index (χ4v) is 4.18. The van der Waals surface area contributed by atoms with E-state index in [1.165, 1.54) is 11.1 Å². The number of benzene rings is 2. The Hall–Kier alpha value is -1.71. The molecule has 24 heavy (non-hydrogen) atoms. The Morgan fingerprint density at radius 1 is 1.25 bits per heavy atom. The average molecular weight is 344 g/mol. The van der Waals surface area contributed by atoms with E-state index in [9.17, 15) is 5.11 Å². The van der Waals surface area contributed by atoms with Crippen LogP contribution in [0.5, 0.6) is 5.75 Å². The monoisotopic (exact) mass is 343 g/mol. The van der Waals surface area contributed by atoms with Crippen LogP contribution in [0.4, 0.5) is 5.69 Å². The minimum Gasteiger partial charge on any atom is -0.506 e. The second-order valence-corrected chi connectivity index (χ2v) is 7.11. The first-order valence-electron chi connectivity index (χ1n) is 8.66. The second kappa shape index (κ2) is 6.30. The number of rotatable bonds is 2. The topological polar surface area (TPSA) is 41.5 Å². The smallest absolute Gasteiger partial charge is 0.134 e. The number of aromatic hydroxyl groups is 1. The number of fused-ring (bicyclic) bond motifs is 3. The second-order valence-electron chi connectivity index (χ2n) is 6.71. The van der Waals surface area contributed by atoms with Crippen LogP contribution in [0, 0.1) is 5.92 Å². The Morgan fingerprint density at radius 2 is 2.12 bits per heavy atom. The molecule has 0 unspecified atom stereocenters. The van der Waals surface area contributed by atoms with Gasteiger partial charge in [-0.05, 0) is 48.6 Å². The van der Waals surface area contributed by atoms with Gasteiger partial charge in [0.05, 0.1) is 17.2 Å². The Kier molecular flexibility index (Phi) is 4.15. The van der Waals surface area contributed by atoms with E-state index in [2.05, 4.69) is 30.4 Å². The van der Waals surface area contributed by atoms with Crippen LogP contribution in [0.2, 0.25) is 5.02 Å². The quantitative estimate of drug-likeness (QED) is 0.783. The number of phenolic OH excluding ortho intramolecular Hbond substituents is 1. The number of hydrogen-bond acceptors (Lipinski definition) is 3. The van der Waals surface area contributed by atoms with Gasteiger partial charge in [-0.25, -0.2) is 0 Å². The molecule has 0 saturated carbocycles. The number of ether oxygens (including phenoxy) is 1. The third-order valence-corrected chi connectivity index (χ3v) is 5.57. The van der Waals surface area contributed by atoms with Crippen molar-refractivity contribution in [3.05, 3.63) is 58.1 Å². The van der Waals surface area contributed by atoms with Crippen molar-refractivity contribution in [2.45, 2.75) is 38.3 Å². The van der Waals surface area contributed by atoms with Gasteiger partial charge in [0.25, 0.3) is 0 Å². The summed E-state index contributed by atoms with van der Waals surface area (Å²) in [5.74, 6) is 0.500. The van der Waals surface area contributed by atoms with E-state index in [-0.39, 0.29) is 17.9 Å². The maximum atomic E-state index is 9.71. The van der Waals surface area contributed by atoms with E-state index < -0.39 is 0 Å². The van der Waals surface area contributed by atoms with Gasteiger partial charge in [0.1, 0.15) is 5.75 Å². The molecule has 2 N–H and O–H groups in total. The molecule has 0 spiro atoms. The molecular weight excluding hydrogens is 322 g/mol. The molecular formula is C20H22ClNO2. The van der Waals surface area contributed by atoms with Crippen molar-refractivity contribution >= 4 is 17.3 Å². The lowest BCUT2D eigenvalue weighted by atomic mass is 9.77. The van der Waals surface area contributed by atoms with Crippen molar-refractivity contribution in [2.24, 2.45) is 5.92 Å². The molecule has 4 rings (SSSR count). The molecule has 126 valence electrons. The fraction of sp³-hybridized carbons (Fsp3) is 0.400. The van der Waals surface area contributed by atoms with E-state index in [1.807, 2.05) is 12.1 Å². The number of hydrogen-bond donors (Lipinski definition) is 2. The predicted molar refractivity (Wildman–Crippen MR) is 96.7 cm³/mol. The van der Waals surface area contributed by atoms with Gasteiger partial charge in [0.15, 0.2) is 0 Å². The Balaban J connectivity index is 1.77. The highest BCUT2D eigenvalue weighted by Gasteiger charge is 2.39. The van der Waals surface area contributed by atoms with Crippen LogP contribution >= 0.6 is 11.6 Å². The van der Waals surface area contributed by atoms with Crippen molar-refractivity contribution in [3.63, 3.8) is 0 Å².